The van der Waals surface area contributed by atoms with Crippen LogP contribution in [-0.4, -0.2) is 19.7 Å². The van der Waals surface area contributed by atoms with Crippen molar-refractivity contribution in [2.45, 2.75) is 13.0 Å². The molecule has 2 rings (SSSR count). The molecule has 0 atom stereocenters. The molecular weight excluding hydrogens is 220 g/mol. The van der Waals surface area contributed by atoms with Crippen molar-refractivity contribution in [1.82, 2.24) is 19.7 Å². The molecule has 0 unspecified atom stereocenters. The Labute approximate surface area is 88.4 Å². The zero-order valence-corrected chi connectivity index (χ0v) is 8.82. The first kappa shape index (κ1) is 9.35. The van der Waals surface area contributed by atoms with Crippen LogP contribution in [-0.2, 0) is 13.0 Å². The second-order valence-corrected chi connectivity index (χ2v) is 4.05. The first-order valence-electron chi connectivity index (χ1n) is 4.03. The van der Waals surface area contributed by atoms with Gasteiger partial charge in [0, 0.05) is 24.5 Å². The Morgan fingerprint density at radius 2 is 2.43 bits per heavy atom. The van der Waals surface area contributed by atoms with E-state index in [1.54, 1.807) is 17.5 Å². The molecule has 0 aromatic carbocycles. The molecule has 2 aromatic rings. The second kappa shape index (κ2) is 3.89. The highest BCUT2D eigenvalue weighted by molar-refractivity contribution is 7.71. The summed E-state index contributed by atoms with van der Waals surface area (Å²) in [5.74, 6) is 0. The van der Waals surface area contributed by atoms with Gasteiger partial charge in [-0.15, -0.1) is 11.3 Å². The molecule has 0 radical (unpaired) electrons. The van der Waals surface area contributed by atoms with E-state index in [2.05, 4.69) is 15.2 Å². The molecular formula is C7H8N4OS2. The second-order valence-electron chi connectivity index (χ2n) is 2.69. The van der Waals surface area contributed by atoms with E-state index < -0.39 is 0 Å². The lowest BCUT2D eigenvalue weighted by molar-refractivity contribution is 0.661. The number of aromatic nitrogens is 4. The molecule has 0 aliphatic carbocycles. The van der Waals surface area contributed by atoms with Crippen LogP contribution in [0.1, 0.15) is 5.01 Å². The minimum absolute atomic E-state index is 0.202. The first-order valence-corrected chi connectivity index (χ1v) is 5.32. The highest BCUT2D eigenvalue weighted by Crippen LogP contribution is 2.05. The number of aromatic amines is 2. The van der Waals surface area contributed by atoms with Crippen molar-refractivity contribution in [3.8, 4) is 0 Å². The van der Waals surface area contributed by atoms with Gasteiger partial charge < -0.3 is 0 Å². The van der Waals surface area contributed by atoms with Gasteiger partial charge in [0.15, 0.2) is 4.77 Å². The van der Waals surface area contributed by atoms with Gasteiger partial charge in [0.1, 0.15) is 0 Å². The number of H-pyrrole nitrogens is 2. The summed E-state index contributed by atoms with van der Waals surface area (Å²) in [6.45, 7) is 0.561. The summed E-state index contributed by atoms with van der Waals surface area (Å²) >= 11 is 6.50. The lowest BCUT2D eigenvalue weighted by Crippen LogP contribution is -2.18. The first-order chi connectivity index (χ1) is 6.77. The Bertz CT molecular complexity index is 479. The molecule has 2 N–H and O–H groups in total. The topological polar surface area (TPSA) is 66.5 Å². The minimum atomic E-state index is -0.202. The van der Waals surface area contributed by atoms with Gasteiger partial charge in [-0.25, -0.2) is 14.9 Å². The van der Waals surface area contributed by atoms with Crippen LogP contribution in [0.3, 0.4) is 0 Å². The van der Waals surface area contributed by atoms with E-state index in [-0.39, 0.29) is 5.69 Å². The van der Waals surface area contributed by atoms with Gasteiger partial charge in [-0.3, -0.25) is 9.67 Å². The summed E-state index contributed by atoms with van der Waals surface area (Å²) in [6, 6.07) is 0. The summed E-state index contributed by atoms with van der Waals surface area (Å²) in [7, 11) is 0. The largest absolute Gasteiger partial charge is 0.342 e. The number of thiazole rings is 1. The van der Waals surface area contributed by atoms with Crippen molar-refractivity contribution >= 4 is 23.6 Å². The zero-order chi connectivity index (χ0) is 9.97. The van der Waals surface area contributed by atoms with Gasteiger partial charge >= 0.3 is 5.69 Å². The van der Waals surface area contributed by atoms with E-state index in [4.69, 9.17) is 12.2 Å². The van der Waals surface area contributed by atoms with Crippen LogP contribution in [0.25, 0.3) is 0 Å². The fourth-order valence-corrected chi connectivity index (χ4v) is 1.96. The number of aryl methyl sites for hydroxylation is 1. The average Bonchev–Trinajstić information content (AvgIpc) is 2.76. The predicted molar refractivity (Wildman–Crippen MR) is 56.1 cm³/mol. The third kappa shape index (κ3) is 1.83. The summed E-state index contributed by atoms with van der Waals surface area (Å²) < 4.78 is 1.91. The van der Waals surface area contributed by atoms with Crippen molar-refractivity contribution in [3.63, 3.8) is 0 Å². The Balaban J connectivity index is 2.13. The molecule has 5 nitrogen and oxygen atoms in total. The molecule has 0 spiro atoms. The molecule has 0 saturated carbocycles. The van der Waals surface area contributed by atoms with E-state index in [1.165, 1.54) is 4.57 Å². The fraction of sp³-hybridized carbons (Fsp3) is 0.286. The summed E-state index contributed by atoms with van der Waals surface area (Å²) in [6.07, 6.45) is 2.48. The monoisotopic (exact) mass is 228 g/mol. The van der Waals surface area contributed by atoms with Crippen LogP contribution in [0.5, 0.6) is 0 Å². The highest BCUT2D eigenvalue weighted by Gasteiger charge is 2.01. The Morgan fingerprint density at radius 1 is 1.57 bits per heavy atom. The number of rotatable bonds is 3. The summed E-state index contributed by atoms with van der Waals surface area (Å²) in [5, 5.41) is 7.94. The van der Waals surface area contributed by atoms with Crippen molar-refractivity contribution in [1.29, 1.82) is 0 Å². The van der Waals surface area contributed by atoms with Crippen LogP contribution < -0.4 is 5.69 Å². The maximum Gasteiger partial charge on any atom is 0.342 e. The average molecular weight is 228 g/mol. The van der Waals surface area contributed by atoms with E-state index >= 15 is 0 Å². The van der Waals surface area contributed by atoms with E-state index in [1.807, 2.05) is 5.38 Å². The van der Waals surface area contributed by atoms with E-state index in [0.29, 0.717) is 11.3 Å². The van der Waals surface area contributed by atoms with E-state index in [0.717, 1.165) is 11.4 Å². The van der Waals surface area contributed by atoms with Crippen LogP contribution in [0, 0.1) is 4.77 Å². The van der Waals surface area contributed by atoms with Gasteiger partial charge in [-0.05, 0) is 12.2 Å². The Kier molecular flexibility index (Phi) is 2.60. The van der Waals surface area contributed by atoms with Crippen LogP contribution in [0.15, 0.2) is 16.4 Å². The van der Waals surface area contributed by atoms with Gasteiger partial charge in [0.05, 0.1) is 5.01 Å². The molecule has 0 amide bonds. The van der Waals surface area contributed by atoms with Crippen LogP contribution in [0.4, 0.5) is 0 Å². The molecule has 14 heavy (non-hydrogen) atoms. The van der Waals surface area contributed by atoms with Gasteiger partial charge in [0.2, 0.25) is 0 Å². The predicted octanol–water partition coefficient (Wildman–Crippen LogP) is 0.933. The van der Waals surface area contributed by atoms with Crippen molar-refractivity contribution < 1.29 is 0 Å². The normalized spacial score (nSPS) is 10.6. The summed E-state index contributed by atoms with van der Waals surface area (Å²) in [4.78, 5) is 15.3. The fourth-order valence-electron chi connectivity index (χ4n) is 1.12. The summed E-state index contributed by atoms with van der Waals surface area (Å²) in [5.41, 5.74) is -0.202. The van der Waals surface area contributed by atoms with Crippen LogP contribution in [0.2, 0.25) is 0 Å². The lowest BCUT2D eigenvalue weighted by Gasteiger charge is -1.96. The Morgan fingerprint density at radius 3 is 3.00 bits per heavy atom. The van der Waals surface area contributed by atoms with Crippen molar-refractivity contribution in [2.24, 2.45) is 0 Å². The maximum atomic E-state index is 11.2. The molecule has 0 bridgehead atoms. The van der Waals surface area contributed by atoms with Crippen molar-refractivity contribution in [2.75, 3.05) is 0 Å². The van der Waals surface area contributed by atoms with E-state index in [9.17, 15) is 4.79 Å². The SMILES string of the molecule is O=c1[nH][nH]c(=S)n1CCc1nccs1. The van der Waals surface area contributed by atoms with Gasteiger partial charge in [-0.1, -0.05) is 0 Å². The molecule has 2 heterocycles. The third-order valence-corrected chi connectivity index (χ3v) is 2.96. The van der Waals surface area contributed by atoms with Crippen LogP contribution >= 0.6 is 23.6 Å². The smallest absolute Gasteiger partial charge is 0.272 e. The number of hydrogen-bond acceptors (Lipinski definition) is 4. The standard InChI is InChI=1S/C7H8N4OS2/c12-6-9-10-7(13)11(6)3-1-5-8-2-4-14-5/h2,4H,1,3H2,(H,9,12)(H,10,13). The number of nitrogens with zero attached hydrogens (tertiary/aromatic N) is 2. The maximum absolute atomic E-state index is 11.2. The molecule has 2 aromatic heterocycles. The number of hydrogen-bond donors (Lipinski definition) is 2. The number of nitrogens with one attached hydrogen (secondary N) is 2. The lowest BCUT2D eigenvalue weighted by atomic mass is 10.4. The molecule has 0 fully saturated rings. The quantitative estimate of drug-likeness (QED) is 0.768. The molecule has 0 saturated heterocycles. The highest BCUT2D eigenvalue weighted by atomic mass is 32.1. The molecule has 0 aliphatic rings. The molecule has 7 heteroatoms. The molecule has 74 valence electrons. The van der Waals surface area contributed by atoms with Gasteiger partial charge in [0.25, 0.3) is 0 Å². The minimum Gasteiger partial charge on any atom is -0.272 e. The third-order valence-electron chi connectivity index (χ3n) is 1.80. The zero-order valence-electron chi connectivity index (χ0n) is 7.19. The molecule has 0 aliphatic heterocycles. The van der Waals surface area contributed by atoms with Crippen molar-refractivity contribution in [3.05, 3.63) is 31.8 Å². The Hall–Kier alpha value is -1.21. The van der Waals surface area contributed by atoms with Gasteiger partial charge in [-0.2, -0.15) is 0 Å².